The van der Waals surface area contributed by atoms with E-state index in [1.807, 2.05) is 0 Å². The summed E-state index contributed by atoms with van der Waals surface area (Å²) >= 11 is -2.13. The van der Waals surface area contributed by atoms with Gasteiger partial charge in [0.15, 0.2) is 0 Å². The van der Waals surface area contributed by atoms with Gasteiger partial charge in [-0.3, -0.25) is 0 Å². The first-order chi connectivity index (χ1) is 8.65. The van der Waals surface area contributed by atoms with E-state index in [0.717, 1.165) is 6.42 Å². The summed E-state index contributed by atoms with van der Waals surface area (Å²) in [5, 5.41) is 9.06. The molecule has 0 atom stereocenters. The Hall–Kier alpha value is 0.673. The van der Waals surface area contributed by atoms with E-state index in [1.165, 1.54) is 0 Å². The van der Waals surface area contributed by atoms with Crippen molar-refractivity contribution in [2.45, 2.75) is 6.42 Å². The van der Waals surface area contributed by atoms with E-state index in [1.54, 1.807) is 0 Å². The molecule has 0 heterocycles. The van der Waals surface area contributed by atoms with E-state index in [4.69, 9.17) is 30.6 Å². The Bertz CT molecular complexity index is 295. The predicted molar refractivity (Wildman–Crippen MR) is 76.3 cm³/mol. The van der Waals surface area contributed by atoms with Gasteiger partial charge in [0.25, 0.3) is 0 Å². The van der Waals surface area contributed by atoms with Crippen LogP contribution in [0.1, 0.15) is 6.42 Å². The second-order valence-electron chi connectivity index (χ2n) is 4.08. The number of halogens is 3. The van der Waals surface area contributed by atoms with Gasteiger partial charge in [-0.25, -0.2) is 0 Å². The minimum absolute atomic E-state index is 0.279. The molecule has 0 aromatic heterocycles. The molecule has 0 saturated heterocycles. The van der Waals surface area contributed by atoms with Crippen LogP contribution in [0, 0.1) is 17.8 Å². The average molecular weight is 386 g/mol. The van der Waals surface area contributed by atoms with Crippen molar-refractivity contribution in [3.8, 4) is 0 Å². The summed E-state index contributed by atoms with van der Waals surface area (Å²) in [4.78, 5) is 0. The first-order valence-electron chi connectivity index (χ1n) is 5.79. The molecule has 1 nitrogen and oxygen atoms in total. The molecule has 0 unspecified atom stereocenters. The zero-order valence-corrected chi connectivity index (χ0v) is 14.6. The second kappa shape index (κ2) is 9.56. The Morgan fingerprint density at radius 3 is 1.50 bits per heavy atom. The third-order valence-corrected chi connectivity index (χ3v) is 3.01. The van der Waals surface area contributed by atoms with Crippen molar-refractivity contribution in [1.82, 2.24) is 0 Å². The normalized spacial score (nSPS) is 17.6. The van der Waals surface area contributed by atoms with Gasteiger partial charge in [0.1, 0.15) is 0 Å². The Kier molecular flexibility index (Phi) is 8.88. The molecule has 5 heteroatoms. The fourth-order valence-electron chi connectivity index (χ4n) is 2.26. The van der Waals surface area contributed by atoms with Crippen LogP contribution in [0.4, 0.5) is 0 Å². The van der Waals surface area contributed by atoms with Crippen molar-refractivity contribution in [2.75, 3.05) is 6.61 Å². The molecule has 0 aromatic rings. The van der Waals surface area contributed by atoms with Crippen molar-refractivity contribution < 1.29 is 23.3 Å². The molecule has 2 aliphatic carbocycles. The number of hydrogen-bond acceptors (Lipinski definition) is 1. The Morgan fingerprint density at radius 2 is 1.22 bits per heavy atom. The van der Waals surface area contributed by atoms with Gasteiger partial charge in [-0.05, 0) is 24.2 Å². The van der Waals surface area contributed by atoms with Crippen LogP contribution < -0.4 is 0 Å². The van der Waals surface area contributed by atoms with Gasteiger partial charge in [0, 0.05) is 6.61 Å². The molecule has 0 bridgehead atoms. The Labute approximate surface area is 127 Å². The van der Waals surface area contributed by atoms with E-state index in [0.29, 0.717) is 17.8 Å². The van der Waals surface area contributed by atoms with Crippen LogP contribution in [-0.4, -0.2) is 11.7 Å². The minimum atomic E-state index is -2.13. The molecule has 1 N–H and O–H groups in total. The zero-order chi connectivity index (χ0) is 13.4. The summed E-state index contributed by atoms with van der Waals surface area (Å²) in [5.41, 5.74) is 0. The molecule has 2 aliphatic rings. The average Bonchev–Trinajstić information content (AvgIpc) is 2.98. The van der Waals surface area contributed by atoms with Crippen LogP contribution in [0.2, 0.25) is 0 Å². The quantitative estimate of drug-likeness (QED) is 0.753. The van der Waals surface area contributed by atoms with E-state index in [9.17, 15) is 0 Å². The fraction of sp³-hybridized carbons (Fsp3) is 0.385. The van der Waals surface area contributed by atoms with Gasteiger partial charge in [-0.15, -0.1) is 0 Å². The van der Waals surface area contributed by atoms with Crippen LogP contribution in [0.5, 0.6) is 0 Å². The number of rotatable bonds is 4. The maximum atomic E-state index is 9.06. The van der Waals surface area contributed by atoms with Crippen LogP contribution in [-0.2, 0) is 18.2 Å². The molecule has 0 fully saturated rings. The third kappa shape index (κ3) is 6.21. The molecule has 0 radical (unpaired) electrons. The van der Waals surface area contributed by atoms with Gasteiger partial charge < -0.3 is 5.11 Å². The first-order valence-corrected chi connectivity index (χ1v) is 15.3. The summed E-state index contributed by atoms with van der Waals surface area (Å²) in [6.07, 6.45) is 18.1. The van der Waals surface area contributed by atoms with Crippen LogP contribution in [0.15, 0.2) is 48.6 Å². The third-order valence-electron chi connectivity index (χ3n) is 3.01. The van der Waals surface area contributed by atoms with Crippen molar-refractivity contribution in [3.05, 3.63) is 48.6 Å². The SMILES string of the molecule is OCCC(C1C=CC=C1)C1C=CC=C1.[Cl][Zr]([Cl])[Cl]. The van der Waals surface area contributed by atoms with Gasteiger partial charge >= 0.3 is 43.7 Å². The predicted octanol–water partition coefficient (Wildman–Crippen LogP) is 4.54. The molecule has 0 spiro atoms. The standard InChI is InChI=1S/C13H16O.3ClH.Zr/c14-10-9-13(11-5-1-2-6-11)12-7-3-4-8-12;;;;/h1-8,11-14H,9-10H2;3*1H;/q;;;;+3/p-3. The summed E-state index contributed by atoms with van der Waals surface area (Å²) in [5.74, 6) is 1.52. The summed E-state index contributed by atoms with van der Waals surface area (Å²) < 4.78 is 0. The molecule has 18 heavy (non-hydrogen) atoms. The zero-order valence-electron chi connectivity index (χ0n) is 9.85. The first kappa shape index (κ1) is 16.7. The molecular weight excluding hydrogens is 370 g/mol. The maximum absolute atomic E-state index is 9.06. The van der Waals surface area contributed by atoms with Crippen molar-refractivity contribution in [3.63, 3.8) is 0 Å². The number of allylic oxidation sites excluding steroid dienone is 8. The van der Waals surface area contributed by atoms with Gasteiger partial charge in [-0.2, -0.15) is 0 Å². The molecule has 0 saturated carbocycles. The molecule has 2 rings (SSSR count). The van der Waals surface area contributed by atoms with E-state index < -0.39 is 18.2 Å². The number of hydrogen-bond donors (Lipinski definition) is 1. The van der Waals surface area contributed by atoms with E-state index in [2.05, 4.69) is 48.6 Å². The molecule has 0 aromatic carbocycles. The molecular formula is C13H16Cl3OZr. The van der Waals surface area contributed by atoms with Crippen LogP contribution in [0.25, 0.3) is 0 Å². The number of aliphatic hydroxyl groups excluding tert-OH is 1. The Balaban J connectivity index is 0.000000357. The Morgan fingerprint density at radius 1 is 0.889 bits per heavy atom. The molecule has 0 amide bonds. The summed E-state index contributed by atoms with van der Waals surface area (Å²) in [7, 11) is 15.0. The molecule has 0 aliphatic heterocycles. The van der Waals surface area contributed by atoms with Crippen molar-refractivity contribution in [2.24, 2.45) is 17.8 Å². The number of aliphatic hydroxyl groups is 1. The van der Waals surface area contributed by atoms with Crippen molar-refractivity contribution >= 4 is 25.5 Å². The van der Waals surface area contributed by atoms with Crippen LogP contribution in [0.3, 0.4) is 0 Å². The van der Waals surface area contributed by atoms with Gasteiger partial charge in [0.2, 0.25) is 0 Å². The monoisotopic (exact) mass is 383 g/mol. The second-order valence-corrected chi connectivity index (χ2v) is 15.3. The summed E-state index contributed by atoms with van der Waals surface area (Å²) in [6, 6.07) is 0. The molecule has 99 valence electrons. The summed E-state index contributed by atoms with van der Waals surface area (Å²) in [6.45, 7) is 0.279. The fourth-order valence-corrected chi connectivity index (χ4v) is 2.26. The van der Waals surface area contributed by atoms with Crippen LogP contribution >= 0.6 is 25.5 Å². The van der Waals surface area contributed by atoms with Crippen molar-refractivity contribution in [1.29, 1.82) is 0 Å². The van der Waals surface area contributed by atoms with Gasteiger partial charge in [0.05, 0.1) is 0 Å². The van der Waals surface area contributed by atoms with E-state index in [-0.39, 0.29) is 6.61 Å². The van der Waals surface area contributed by atoms with E-state index >= 15 is 0 Å². The topological polar surface area (TPSA) is 20.2 Å². The van der Waals surface area contributed by atoms with Gasteiger partial charge in [-0.1, -0.05) is 48.6 Å².